The standard InChI is InChI=1S/C9H10ClNO2/c10-3-1-2-4-11-8(12)6-5-7(6)9(11)13/h1-2,6-7H,3-5H2. The second-order valence-corrected chi connectivity index (χ2v) is 3.67. The summed E-state index contributed by atoms with van der Waals surface area (Å²) in [6, 6.07) is 0. The van der Waals surface area contributed by atoms with Crippen molar-refractivity contribution in [1.29, 1.82) is 0 Å². The molecule has 0 radical (unpaired) electrons. The van der Waals surface area contributed by atoms with Crippen molar-refractivity contribution in [2.24, 2.45) is 11.8 Å². The number of allylic oxidation sites excluding steroid dienone is 1. The number of carbonyl (C=O) groups is 2. The summed E-state index contributed by atoms with van der Waals surface area (Å²) in [5.74, 6) is 0.431. The van der Waals surface area contributed by atoms with Crippen molar-refractivity contribution in [1.82, 2.24) is 4.90 Å². The van der Waals surface area contributed by atoms with Crippen LogP contribution in [0.4, 0.5) is 0 Å². The van der Waals surface area contributed by atoms with Crippen LogP contribution in [0.5, 0.6) is 0 Å². The Kier molecular flexibility index (Phi) is 2.12. The van der Waals surface area contributed by atoms with Crippen LogP contribution >= 0.6 is 11.6 Å². The monoisotopic (exact) mass is 199 g/mol. The van der Waals surface area contributed by atoms with E-state index in [1.54, 1.807) is 12.2 Å². The molecule has 1 saturated carbocycles. The van der Waals surface area contributed by atoms with Crippen LogP contribution in [0, 0.1) is 11.8 Å². The molecule has 1 saturated heterocycles. The first-order chi connectivity index (χ1) is 6.25. The summed E-state index contributed by atoms with van der Waals surface area (Å²) < 4.78 is 0. The molecule has 4 heteroatoms. The van der Waals surface area contributed by atoms with Gasteiger partial charge in [0, 0.05) is 12.4 Å². The van der Waals surface area contributed by atoms with Crippen LogP contribution in [-0.2, 0) is 9.59 Å². The third-order valence-electron chi connectivity index (χ3n) is 2.50. The van der Waals surface area contributed by atoms with E-state index in [9.17, 15) is 9.59 Å². The normalized spacial score (nSPS) is 31.6. The van der Waals surface area contributed by atoms with E-state index in [1.165, 1.54) is 4.90 Å². The van der Waals surface area contributed by atoms with Gasteiger partial charge in [0.2, 0.25) is 11.8 Å². The van der Waals surface area contributed by atoms with Gasteiger partial charge in [-0.3, -0.25) is 14.5 Å². The molecule has 2 amide bonds. The molecule has 0 bridgehead atoms. The Bertz CT molecular complexity index is 267. The third-order valence-corrected chi connectivity index (χ3v) is 2.68. The minimum atomic E-state index is -0.00535. The summed E-state index contributed by atoms with van der Waals surface area (Å²) in [6.07, 6.45) is 4.27. The number of likely N-dealkylation sites (tertiary alicyclic amines) is 1. The average molecular weight is 200 g/mol. The molecule has 2 unspecified atom stereocenters. The van der Waals surface area contributed by atoms with Gasteiger partial charge < -0.3 is 0 Å². The molecule has 0 spiro atoms. The highest BCUT2D eigenvalue weighted by atomic mass is 35.5. The summed E-state index contributed by atoms with van der Waals surface area (Å²) in [5, 5.41) is 0. The summed E-state index contributed by atoms with van der Waals surface area (Å²) in [4.78, 5) is 24.1. The van der Waals surface area contributed by atoms with Crippen LogP contribution < -0.4 is 0 Å². The number of rotatable bonds is 3. The molecule has 0 aromatic heterocycles. The Labute approximate surface area is 81.3 Å². The van der Waals surface area contributed by atoms with Crippen LogP contribution in [0.1, 0.15) is 6.42 Å². The lowest BCUT2D eigenvalue weighted by atomic mass is 10.4. The van der Waals surface area contributed by atoms with Gasteiger partial charge in [0.25, 0.3) is 0 Å². The van der Waals surface area contributed by atoms with Crippen molar-refractivity contribution in [2.45, 2.75) is 6.42 Å². The Morgan fingerprint density at radius 1 is 1.31 bits per heavy atom. The number of carbonyl (C=O) groups excluding carboxylic acids is 2. The molecular formula is C9H10ClNO2. The van der Waals surface area contributed by atoms with Gasteiger partial charge in [-0.1, -0.05) is 12.2 Å². The molecule has 1 heterocycles. The number of piperidine rings is 1. The van der Waals surface area contributed by atoms with E-state index in [-0.39, 0.29) is 23.7 Å². The summed E-state index contributed by atoms with van der Waals surface area (Å²) in [5.41, 5.74) is 0. The second-order valence-electron chi connectivity index (χ2n) is 3.36. The Hall–Kier alpha value is -0.830. The van der Waals surface area contributed by atoms with Crippen LogP contribution in [0.15, 0.2) is 12.2 Å². The fourth-order valence-corrected chi connectivity index (χ4v) is 1.80. The molecule has 1 aliphatic heterocycles. The number of nitrogens with zero attached hydrogens (tertiary/aromatic N) is 1. The first-order valence-electron chi connectivity index (χ1n) is 4.32. The minimum absolute atomic E-state index is 0.00535. The first-order valence-corrected chi connectivity index (χ1v) is 4.85. The largest absolute Gasteiger partial charge is 0.278 e. The van der Waals surface area contributed by atoms with Gasteiger partial charge in [-0.15, -0.1) is 11.6 Å². The summed E-state index contributed by atoms with van der Waals surface area (Å²) in [7, 11) is 0. The molecule has 0 aromatic carbocycles. The van der Waals surface area contributed by atoms with E-state index in [0.29, 0.717) is 12.4 Å². The molecule has 0 aromatic rings. The van der Waals surface area contributed by atoms with Gasteiger partial charge in [0.1, 0.15) is 0 Å². The predicted molar refractivity (Wildman–Crippen MR) is 48.2 cm³/mol. The predicted octanol–water partition coefficient (Wildman–Crippen LogP) is 0.786. The molecule has 3 nitrogen and oxygen atoms in total. The van der Waals surface area contributed by atoms with Crippen LogP contribution in [0.2, 0.25) is 0 Å². The fraction of sp³-hybridized carbons (Fsp3) is 0.556. The fourth-order valence-electron chi connectivity index (χ4n) is 1.67. The van der Waals surface area contributed by atoms with Crippen LogP contribution in [0.3, 0.4) is 0 Å². The lowest BCUT2D eigenvalue weighted by molar-refractivity contribution is -0.140. The molecular weight excluding hydrogens is 190 g/mol. The Morgan fingerprint density at radius 3 is 2.46 bits per heavy atom. The highest BCUT2D eigenvalue weighted by Gasteiger charge is 2.58. The molecule has 13 heavy (non-hydrogen) atoms. The van der Waals surface area contributed by atoms with Gasteiger partial charge in [-0.25, -0.2) is 0 Å². The summed E-state index contributed by atoms with van der Waals surface area (Å²) in [6.45, 7) is 0.386. The van der Waals surface area contributed by atoms with E-state index in [1.807, 2.05) is 0 Å². The SMILES string of the molecule is O=C1C2CC2C(=O)N1CC=CCCl. The quantitative estimate of drug-likeness (QED) is 0.383. The van der Waals surface area contributed by atoms with Gasteiger partial charge in [0.05, 0.1) is 11.8 Å². The molecule has 0 N–H and O–H groups in total. The van der Waals surface area contributed by atoms with Crippen molar-refractivity contribution < 1.29 is 9.59 Å². The lowest BCUT2D eigenvalue weighted by Crippen LogP contribution is -2.32. The summed E-state index contributed by atoms with van der Waals surface area (Å²) >= 11 is 5.42. The maximum Gasteiger partial charge on any atom is 0.233 e. The molecule has 2 atom stereocenters. The van der Waals surface area contributed by atoms with Gasteiger partial charge in [-0.2, -0.15) is 0 Å². The maximum atomic E-state index is 11.4. The van der Waals surface area contributed by atoms with Crippen molar-refractivity contribution in [2.75, 3.05) is 12.4 Å². The minimum Gasteiger partial charge on any atom is -0.278 e. The van der Waals surface area contributed by atoms with Gasteiger partial charge in [-0.05, 0) is 6.42 Å². The zero-order valence-electron chi connectivity index (χ0n) is 7.07. The molecule has 2 rings (SSSR count). The smallest absolute Gasteiger partial charge is 0.233 e. The van der Waals surface area contributed by atoms with Crippen LogP contribution in [-0.4, -0.2) is 29.1 Å². The van der Waals surface area contributed by atoms with Crippen molar-refractivity contribution in [3.8, 4) is 0 Å². The number of imide groups is 1. The van der Waals surface area contributed by atoms with E-state index in [0.717, 1.165) is 6.42 Å². The number of fused-ring (bicyclic) bond motifs is 1. The van der Waals surface area contributed by atoms with Crippen LogP contribution in [0.25, 0.3) is 0 Å². The van der Waals surface area contributed by atoms with Gasteiger partial charge >= 0.3 is 0 Å². The molecule has 2 aliphatic rings. The Morgan fingerprint density at radius 2 is 1.92 bits per heavy atom. The second kappa shape index (κ2) is 3.14. The average Bonchev–Trinajstić information content (AvgIpc) is 2.85. The topological polar surface area (TPSA) is 37.4 Å². The highest BCUT2D eigenvalue weighted by Crippen LogP contribution is 2.46. The molecule has 2 fully saturated rings. The zero-order chi connectivity index (χ0) is 9.42. The number of halogens is 1. The van der Waals surface area contributed by atoms with E-state index < -0.39 is 0 Å². The number of hydrogen-bond donors (Lipinski definition) is 0. The lowest BCUT2D eigenvalue weighted by Gasteiger charge is -2.13. The first kappa shape index (κ1) is 8.75. The Balaban J connectivity index is 1.96. The van der Waals surface area contributed by atoms with E-state index in [4.69, 9.17) is 11.6 Å². The van der Waals surface area contributed by atoms with Crippen molar-refractivity contribution in [3.05, 3.63) is 12.2 Å². The van der Waals surface area contributed by atoms with E-state index in [2.05, 4.69) is 0 Å². The maximum absolute atomic E-state index is 11.4. The number of amides is 2. The molecule has 1 aliphatic carbocycles. The van der Waals surface area contributed by atoms with Crippen molar-refractivity contribution >= 4 is 23.4 Å². The third kappa shape index (κ3) is 1.37. The number of hydrogen-bond acceptors (Lipinski definition) is 2. The van der Waals surface area contributed by atoms with Gasteiger partial charge in [0.15, 0.2) is 0 Å². The zero-order valence-corrected chi connectivity index (χ0v) is 7.83. The molecule has 70 valence electrons. The number of alkyl halides is 1. The highest BCUT2D eigenvalue weighted by molar-refractivity contribution is 6.18. The van der Waals surface area contributed by atoms with Crippen molar-refractivity contribution in [3.63, 3.8) is 0 Å². The van der Waals surface area contributed by atoms with E-state index >= 15 is 0 Å².